The number of carbonyl (C=O) groups is 1. The Bertz CT molecular complexity index is 874. The third-order valence-corrected chi connectivity index (χ3v) is 3.35. The van der Waals surface area contributed by atoms with Crippen LogP contribution in [0.2, 0.25) is 0 Å². The average Bonchev–Trinajstić information content (AvgIpc) is 2.55. The Labute approximate surface area is 133 Å². The van der Waals surface area contributed by atoms with Crippen LogP contribution < -0.4 is 10.6 Å². The number of anilines is 1. The van der Waals surface area contributed by atoms with Gasteiger partial charge in [0.05, 0.1) is 0 Å². The molecule has 0 aliphatic rings. The van der Waals surface area contributed by atoms with E-state index in [1.807, 2.05) is 42.5 Å². The molecule has 0 bridgehead atoms. The lowest BCUT2D eigenvalue weighted by atomic mass is 10.1. The minimum Gasteiger partial charge on any atom is -0.314 e. The van der Waals surface area contributed by atoms with Gasteiger partial charge in [-0.1, -0.05) is 42.5 Å². The summed E-state index contributed by atoms with van der Waals surface area (Å²) < 4.78 is 13.0. The van der Waals surface area contributed by atoms with Crippen LogP contribution in [0, 0.1) is 5.82 Å². The lowest BCUT2D eigenvalue weighted by Crippen LogP contribution is -2.23. The molecule has 3 rings (SSSR count). The van der Waals surface area contributed by atoms with Gasteiger partial charge in [0.1, 0.15) is 5.82 Å². The smallest absolute Gasteiger partial charge is 0.314 e. The minimum absolute atomic E-state index is 0.312. The number of carbonyl (C=O) groups excluding carboxylic acids is 1. The molecular formula is C19H15FN2O. The van der Waals surface area contributed by atoms with Crippen LogP contribution in [0.25, 0.3) is 16.8 Å². The molecule has 2 amide bonds. The number of benzene rings is 3. The first-order chi connectivity index (χ1) is 11.2. The fourth-order valence-electron chi connectivity index (χ4n) is 2.26. The molecule has 0 spiro atoms. The van der Waals surface area contributed by atoms with E-state index in [0.717, 1.165) is 10.8 Å². The zero-order valence-electron chi connectivity index (χ0n) is 12.3. The van der Waals surface area contributed by atoms with Crippen molar-refractivity contribution in [2.75, 3.05) is 5.32 Å². The molecule has 0 aromatic heterocycles. The Hall–Kier alpha value is -3.14. The van der Waals surface area contributed by atoms with Gasteiger partial charge in [-0.05, 0) is 46.7 Å². The fraction of sp³-hybridized carbons (Fsp3) is 0. The van der Waals surface area contributed by atoms with Gasteiger partial charge in [-0.15, -0.1) is 0 Å². The van der Waals surface area contributed by atoms with Gasteiger partial charge in [-0.25, -0.2) is 9.18 Å². The third-order valence-electron chi connectivity index (χ3n) is 3.35. The van der Waals surface area contributed by atoms with Crippen molar-refractivity contribution < 1.29 is 9.18 Å². The number of rotatable bonds is 3. The Balaban J connectivity index is 1.62. The predicted molar refractivity (Wildman–Crippen MR) is 91.5 cm³/mol. The van der Waals surface area contributed by atoms with Gasteiger partial charge < -0.3 is 10.6 Å². The van der Waals surface area contributed by atoms with E-state index in [0.29, 0.717) is 11.3 Å². The first kappa shape index (κ1) is 14.8. The second-order valence-corrected chi connectivity index (χ2v) is 5.05. The maximum Gasteiger partial charge on any atom is 0.323 e. The summed E-state index contributed by atoms with van der Waals surface area (Å²) in [5.41, 5.74) is 1.39. The molecular weight excluding hydrogens is 291 g/mol. The van der Waals surface area contributed by atoms with Crippen molar-refractivity contribution in [3.05, 3.63) is 84.3 Å². The van der Waals surface area contributed by atoms with Gasteiger partial charge in [-0.2, -0.15) is 0 Å². The van der Waals surface area contributed by atoms with Crippen LogP contribution in [-0.2, 0) is 0 Å². The van der Waals surface area contributed by atoms with Crippen molar-refractivity contribution in [3.63, 3.8) is 0 Å². The number of fused-ring (bicyclic) bond motifs is 1. The molecule has 3 aromatic rings. The number of amides is 2. The highest BCUT2D eigenvalue weighted by molar-refractivity contribution is 5.94. The maximum absolute atomic E-state index is 13.0. The Morgan fingerprint density at radius 3 is 2.57 bits per heavy atom. The summed E-state index contributed by atoms with van der Waals surface area (Å²) in [7, 11) is 0. The van der Waals surface area contributed by atoms with E-state index in [4.69, 9.17) is 0 Å². The van der Waals surface area contributed by atoms with E-state index in [-0.39, 0.29) is 11.8 Å². The van der Waals surface area contributed by atoms with Gasteiger partial charge in [-0.3, -0.25) is 0 Å². The molecule has 3 aromatic carbocycles. The zero-order valence-corrected chi connectivity index (χ0v) is 12.3. The van der Waals surface area contributed by atoms with Crippen molar-refractivity contribution in [2.45, 2.75) is 0 Å². The molecule has 0 fully saturated rings. The van der Waals surface area contributed by atoms with E-state index in [1.165, 1.54) is 18.3 Å². The van der Waals surface area contributed by atoms with Crippen LogP contribution >= 0.6 is 0 Å². The van der Waals surface area contributed by atoms with Crippen LogP contribution in [-0.4, -0.2) is 6.03 Å². The topological polar surface area (TPSA) is 41.1 Å². The molecule has 114 valence electrons. The molecule has 3 nitrogen and oxygen atoms in total. The highest BCUT2D eigenvalue weighted by atomic mass is 19.1. The summed E-state index contributed by atoms with van der Waals surface area (Å²) in [4.78, 5) is 11.9. The third kappa shape index (κ3) is 3.95. The highest BCUT2D eigenvalue weighted by Crippen LogP contribution is 2.18. The van der Waals surface area contributed by atoms with Crippen LogP contribution in [0.15, 0.2) is 72.9 Å². The van der Waals surface area contributed by atoms with Crippen molar-refractivity contribution in [2.24, 2.45) is 0 Å². The van der Waals surface area contributed by atoms with Gasteiger partial charge >= 0.3 is 6.03 Å². The number of halogens is 1. The summed E-state index contributed by atoms with van der Waals surface area (Å²) in [6.07, 6.45) is 3.11. The van der Waals surface area contributed by atoms with Crippen LogP contribution in [0.1, 0.15) is 5.56 Å². The van der Waals surface area contributed by atoms with Gasteiger partial charge in [0.25, 0.3) is 0 Å². The molecule has 0 aliphatic carbocycles. The number of urea groups is 1. The molecule has 0 radical (unpaired) electrons. The van der Waals surface area contributed by atoms with E-state index >= 15 is 0 Å². The molecule has 0 aliphatic heterocycles. The molecule has 4 heteroatoms. The molecule has 0 saturated carbocycles. The Kier molecular flexibility index (Phi) is 4.34. The molecule has 0 atom stereocenters. The molecule has 0 unspecified atom stereocenters. The quantitative estimate of drug-likeness (QED) is 0.719. The highest BCUT2D eigenvalue weighted by Gasteiger charge is 2.00. The average molecular weight is 306 g/mol. The number of nitrogens with one attached hydrogen (secondary N) is 2. The zero-order chi connectivity index (χ0) is 16.1. The van der Waals surface area contributed by atoms with Crippen molar-refractivity contribution in [1.29, 1.82) is 0 Å². The summed E-state index contributed by atoms with van der Waals surface area (Å²) >= 11 is 0. The van der Waals surface area contributed by atoms with Crippen LogP contribution in [0.5, 0.6) is 0 Å². The first-order valence-corrected chi connectivity index (χ1v) is 7.19. The van der Waals surface area contributed by atoms with Gasteiger partial charge in [0.15, 0.2) is 0 Å². The molecule has 0 heterocycles. The Morgan fingerprint density at radius 2 is 1.74 bits per heavy atom. The summed E-state index contributed by atoms with van der Waals surface area (Å²) in [6.45, 7) is 0. The molecule has 2 N–H and O–H groups in total. The standard InChI is InChI=1S/C19H15FN2O/c20-17-7-3-4-14(12-17)10-11-21-19(23)22-18-9-8-15-5-1-2-6-16(15)13-18/h1-13H,(H2,21,22,23)/b11-10+. The van der Waals surface area contributed by atoms with E-state index in [9.17, 15) is 9.18 Å². The fourth-order valence-corrected chi connectivity index (χ4v) is 2.26. The summed E-state index contributed by atoms with van der Waals surface area (Å²) in [5.74, 6) is -0.312. The largest absolute Gasteiger partial charge is 0.323 e. The lowest BCUT2D eigenvalue weighted by Gasteiger charge is -2.06. The van der Waals surface area contributed by atoms with Gasteiger partial charge in [0, 0.05) is 11.9 Å². The second-order valence-electron chi connectivity index (χ2n) is 5.05. The normalized spacial score (nSPS) is 10.8. The van der Waals surface area contributed by atoms with Crippen molar-refractivity contribution in [1.82, 2.24) is 5.32 Å². The first-order valence-electron chi connectivity index (χ1n) is 7.19. The molecule has 23 heavy (non-hydrogen) atoms. The van der Waals surface area contributed by atoms with E-state index < -0.39 is 0 Å². The predicted octanol–water partition coefficient (Wildman–Crippen LogP) is 4.77. The Morgan fingerprint density at radius 1 is 0.913 bits per heavy atom. The molecule has 0 saturated heterocycles. The SMILES string of the molecule is O=C(N/C=C/c1cccc(F)c1)Nc1ccc2ccccc2c1. The van der Waals surface area contributed by atoms with Crippen LogP contribution in [0.3, 0.4) is 0 Å². The maximum atomic E-state index is 13.0. The van der Waals surface area contributed by atoms with Crippen molar-refractivity contribution >= 4 is 28.6 Å². The van der Waals surface area contributed by atoms with Crippen molar-refractivity contribution in [3.8, 4) is 0 Å². The summed E-state index contributed by atoms with van der Waals surface area (Å²) in [5, 5.41) is 7.52. The second kappa shape index (κ2) is 6.75. The lowest BCUT2D eigenvalue weighted by molar-refractivity contribution is 0.255. The monoisotopic (exact) mass is 306 g/mol. The minimum atomic E-state index is -0.354. The van der Waals surface area contributed by atoms with Crippen LogP contribution in [0.4, 0.5) is 14.9 Å². The van der Waals surface area contributed by atoms with Gasteiger partial charge in [0.2, 0.25) is 0 Å². The van der Waals surface area contributed by atoms with E-state index in [2.05, 4.69) is 10.6 Å². The summed E-state index contributed by atoms with van der Waals surface area (Å²) in [6, 6.07) is 19.4. The number of hydrogen-bond acceptors (Lipinski definition) is 1. The van der Waals surface area contributed by atoms with E-state index in [1.54, 1.807) is 18.2 Å². The number of hydrogen-bond donors (Lipinski definition) is 2.